The van der Waals surface area contributed by atoms with Crippen molar-refractivity contribution in [2.45, 2.75) is 32.4 Å². The Morgan fingerprint density at radius 3 is 2.93 bits per heavy atom. The molecule has 0 saturated carbocycles. The summed E-state index contributed by atoms with van der Waals surface area (Å²) >= 11 is 1.65. The zero-order valence-corrected chi connectivity index (χ0v) is 17.2. The number of hydrogen-bond acceptors (Lipinski definition) is 6. The fourth-order valence-corrected chi connectivity index (χ4v) is 4.77. The van der Waals surface area contributed by atoms with Gasteiger partial charge in [-0.05, 0) is 56.1 Å². The van der Waals surface area contributed by atoms with Gasteiger partial charge in [-0.2, -0.15) is 0 Å². The minimum absolute atomic E-state index is 0.335. The number of rotatable bonds is 5. The van der Waals surface area contributed by atoms with E-state index in [1.165, 1.54) is 22.2 Å². The van der Waals surface area contributed by atoms with E-state index in [0.29, 0.717) is 6.04 Å². The Labute approximate surface area is 174 Å². The molecule has 3 aromatic heterocycles. The van der Waals surface area contributed by atoms with Crippen LogP contribution in [0.4, 0.5) is 10.9 Å². The van der Waals surface area contributed by atoms with Crippen LogP contribution in [-0.4, -0.2) is 26.4 Å². The highest BCUT2D eigenvalue weighted by molar-refractivity contribution is 7.15. The number of nitrogens with one attached hydrogen (secondary N) is 1. The van der Waals surface area contributed by atoms with Crippen LogP contribution in [0.15, 0.2) is 60.9 Å². The molecule has 146 valence electrons. The molecule has 1 aliphatic heterocycles. The molecule has 0 amide bonds. The number of aryl methyl sites for hydroxylation is 1. The van der Waals surface area contributed by atoms with E-state index >= 15 is 0 Å². The van der Waals surface area contributed by atoms with Crippen LogP contribution in [0.25, 0.3) is 10.9 Å². The molecule has 1 saturated heterocycles. The molecule has 0 spiro atoms. The molecular formula is C23H23N5S. The number of thiazole rings is 1. The lowest BCUT2D eigenvalue weighted by molar-refractivity contribution is 0.245. The first-order valence-electron chi connectivity index (χ1n) is 9.99. The minimum atomic E-state index is 0.335. The summed E-state index contributed by atoms with van der Waals surface area (Å²) in [6.45, 7) is 4.07. The molecule has 0 unspecified atom stereocenters. The highest BCUT2D eigenvalue weighted by Gasteiger charge is 2.27. The van der Waals surface area contributed by atoms with E-state index in [9.17, 15) is 0 Å². The topological polar surface area (TPSA) is 53.9 Å². The summed E-state index contributed by atoms with van der Waals surface area (Å²) in [7, 11) is 0. The number of aromatic nitrogens is 3. The number of anilines is 2. The normalized spacial score (nSPS) is 17.1. The molecule has 1 aromatic carbocycles. The highest BCUT2D eigenvalue weighted by Crippen LogP contribution is 2.34. The Kier molecular flexibility index (Phi) is 4.96. The first-order chi connectivity index (χ1) is 14.3. The quantitative estimate of drug-likeness (QED) is 0.480. The molecule has 5 nitrogen and oxygen atoms in total. The molecule has 1 fully saturated rings. The van der Waals surface area contributed by atoms with Crippen molar-refractivity contribution in [3.8, 4) is 0 Å². The monoisotopic (exact) mass is 401 g/mol. The van der Waals surface area contributed by atoms with Crippen molar-refractivity contribution < 1.29 is 0 Å². The van der Waals surface area contributed by atoms with E-state index in [1.54, 1.807) is 11.3 Å². The maximum atomic E-state index is 4.92. The smallest absolute Gasteiger partial charge is 0.188 e. The van der Waals surface area contributed by atoms with Gasteiger partial charge in [-0.1, -0.05) is 24.3 Å². The van der Waals surface area contributed by atoms with Crippen LogP contribution in [0.1, 0.15) is 35.0 Å². The Bertz CT molecular complexity index is 1130. The van der Waals surface area contributed by atoms with Gasteiger partial charge in [0.05, 0.1) is 17.3 Å². The van der Waals surface area contributed by atoms with Crippen LogP contribution in [0.3, 0.4) is 0 Å². The van der Waals surface area contributed by atoms with Gasteiger partial charge in [0, 0.05) is 29.2 Å². The van der Waals surface area contributed by atoms with Crippen LogP contribution < -0.4 is 5.32 Å². The molecule has 1 atom stereocenters. The Hall–Kier alpha value is -2.83. The average molecular weight is 402 g/mol. The van der Waals surface area contributed by atoms with Crippen LogP contribution in [0.2, 0.25) is 0 Å². The summed E-state index contributed by atoms with van der Waals surface area (Å²) in [5, 5.41) is 5.47. The van der Waals surface area contributed by atoms with Gasteiger partial charge in [0.2, 0.25) is 0 Å². The van der Waals surface area contributed by atoms with Crippen molar-refractivity contribution in [3.63, 3.8) is 0 Å². The summed E-state index contributed by atoms with van der Waals surface area (Å²) < 4.78 is 0. The van der Waals surface area contributed by atoms with E-state index in [2.05, 4.69) is 63.5 Å². The lowest BCUT2D eigenvalue weighted by atomic mass is 10.1. The molecule has 0 radical (unpaired) electrons. The third-order valence-corrected chi connectivity index (χ3v) is 6.27. The number of hydrogen-bond donors (Lipinski definition) is 1. The van der Waals surface area contributed by atoms with E-state index in [-0.39, 0.29) is 0 Å². The lowest BCUT2D eigenvalue weighted by Crippen LogP contribution is -2.23. The molecule has 0 aliphatic carbocycles. The summed E-state index contributed by atoms with van der Waals surface area (Å²) in [5.41, 5.74) is 3.51. The van der Waals surface area contributed by atoms with Crippen molar-refractivity contribution in [3.05, 3.63) is 77.1 Å². The van der Waals surface area contributed by atoms with Crippen LogP contribution >= 0.6 is 11.3 Å². The maximum Gasteiger partial charge on any atom is 0.188 e. The van der Waals surface area contributed by atoms with E-state index in [0.717, 1.165) is 41.7 Å². The van der Waals surface area contributed by atoms with Gasteiger partial charge >= 0.3 is 0 Å². The predicted octanol–water partition coefficient (Wildman–Crippen LogP) is 5.48. The molecule has 0 bridgehead atoms. The summed E-state index contributed by atoms with van der Waals surface area (Å²) in [4.78, 5) is 17.5. The Balaban J connectivity index is 1.38. The Morgan fingerprint density at radius 2 is 2.03 bits per heavy atom. The first-order valence-corrected chi connectivity index (χ1v) is 10.8. The largest absolute Gasteiger partial charge is 0.316 e. The van der Waals surface area contributed by atoms with Crippen LogP contribution in [-0.2, 0) is 6.54 Å². The molecular weight excluding hydrogens is 378 g/mol. The standard InChI is InChI=1S/C23H23N5S/c1-16-14-25-23(29-16)27-22-11-3-9-20(26-22)21-10-5-13-28(21)15-17-6-2-8-19-18(17)7-4-12-24-19/h2-4,6-9,11-12,14,21H,5,10,13,15H2,1H3,(H,25,26,27)/t21-/m0/s1. The van der Waals surface area contributed by atoms with E-state index < -0.39 is 0 Å². The van der Waals surface area contributed by atoms with Crippen molar-refractivity contribution in [1.29, 1.82) is 0 Å². The number of likely N-dealkylation sites (tertiary alicyclic amines) is 1. The van der Waals surface area contributed by atoms with Crippen LogP contribution in [0, 0.1) is 6.92 Å². The van der Waals surface area contributed by atoms with Crippen molar-refractivity contribution in [2.75, 3.05) is 11.9 Å². The zero-order valence-electron chi connectivity index (χ0n) is 16.4. The van der Waals surface area contributed by atoms with Gasteiger partial charge in [0.25, 0.3) is 0 Å². The number of nitrogens with zero attached hydrogens (tertiary/aromatic N) is 4. The molecule has 1 N–H and O–H groups in total. The van der Waals surface area contributed by atoms with Crippen molar-refractivity contribution in [1.82, 2.24) is 19.9 Å². The van der Waals surface area contributed by atoms with Gasteiger partial charge in [-0.25, -0.2) is 9.97 Å². The third-order valence-electron chi connectivity index (χ3n) is 5.44. The molecule has 1 aliphatic rings. The highest BCUT2D eigenvalue weighted by atomic mass is 32.1. The number of pyridine rings is 2. The minimum Gasteiger partial charge on any atom is -0.316 e. The fourth-order valence-electron chi connectivity index (χ4n) is 4.10. The summed E-state index contributed by atoms with van der Waals surface area (Å²) in [5.74, 6) is 0.859. The first kappa shape index (κ1) is 18.2. The molecule has 4 heterocycles. The molecule has 29 heavy (non-hydrogen) atoms. The average Bonchev–Trinajstić information content (AvgIpc) is 3.37. The second-order valence-electron chi connectivity index (χ2n) is 7.46. The maximum absolute atomic E-state index is 4.92. The second-order valence-corrected chi connectivity index (χ2v) is 8.70. The van der Waals surface area contributed by atoms with Gasteiger partial charge in [-0.15, -0.1) is 11.3 Å². The van der Waals surface area contributed by atoms with Gasteiger partial charge in [-0.3, -0.25) is 9.88 Å². The third kappa shape index (κ3) is 3.86. The van der Waals surface area contributed by atoms with Gasteiger partial charge in [0.15, 0.2) is 5.13 Å². The number of benzene rings is 1. The van der Waals surface area contributed by atoms with Crippen molar-refractivity contribution in [2.24, 2.45) is 0 Å². The molecule has 4 aromatic rings. The fraction of sp³-hybridized carbons (Fsp3) is 0.261. The second kappa shape index (κ2) is 7.89. The predicted molar refractivity (Wildman–Crippen MR) is 118 cm³/mol. The number of fused-ring (bicyclic) bond motifs is 1. The van der Waals surface area contributed by atoms with Crippen LogP contribution in [0.5, 0.6) is 0 Å². The van der Waals surface area contributed by atoms with Gasteiger partial charge < -0.3 is 5.32 Å². The summed E-state index contributed by atoms with van der Waals surface area (Å²) in [6, 6.07) is 17.2. The zero-order chi connectivity index (χ0) is 19.6. The summed E-state index contributed by atoms with van der Waals surface area (Å²) in [6.07, 6.45) is 6.07. The van der Waals surface area contributed by atoms with E-state index in [1.807, 2.05) is 24.5 Å². The van der Waals surface area contributed by atoms with Gasteiger partial charge in [0.1, 0.15) is 5.82 Å². The van der Waals surface area contributed by atoms with E-state index in [4.69, 9.17) is 4.98 Å². The Morgan fingerprint density at radius 1 is 1.10 bits per heavy atom. The van der Waals surface area contributed by atoms with Crippen molar-refractivity contribution >= 4 is 33.2 Å². The molecule has 5 rings (SSSR count). The SMILES string of the molecule is Cc1cnc(Nc2cccc([C@@H]3CCCN3Cc3cccc4ncccc34)n2)s1. The molecule has 6 heteroatoms. The lowest BCUT2D eigenvalue weighted by Gasteiger charge is -2.25.